The maximum absolute atomic E-state index is 10.8. The number of hydrogen-bond acceptors (Lipinski definition) is 6. The Morgan fingerprint density at radius 1 is 1.21 bits per heavy atom. The molecule has 7 nitrogen and oxygen atoms in total. The third-order valence-electron chi connectivity index (χ3n) is 8.47. The number of aromatic hydroxyl groups is 1. The van der Waals surface area contributed by atoms with Gasteiger partial charge in [-0.05, 0) is 103 Å². The van der Waals surface area contributed by atoms with Crippen molar-refractivity contribution in [3.8, 4) is 5.75 Å². The maximum Gasteiger partial charge on any atom is 0.269 e. The lowest BCUT2D eigenvalue weighted by atomic mass is 9.55. The molecule has 5 atom stereocenters. The number of benzene rings is 2. The highest BCUT2D eigenvalue weighted by Crippen LogP contribution is 2.61. The normalized spacial score (nSPS) is 30.5. The first-order valence-electron chi connectivity index (χ1n) is 11.8. The van der Waals surface area contributed by atoms with Gasteiger partial charge in [0.2, 0.25) is 0 Å². The van der Waals surface area contributed by atoms with Crippen molar-refractivity contribution in [2.45, 2.75) is 64.1 Å². The molecule has 0 aliphatic heterocycles. The Hall–Kier alpha value is -2.93. The van der Waals surface area contributed by atoms with E-state index >= 15 is 0 Å². The fraction of sp³-hybridized carbons (Fsp3) is 0.500. The zero-order chi connectivity index (χ0) is 23.2. The molecular weight excluding hydrogens is 420 g/mol. The largest absolute Gasteiger partial charge is 0.507 e. The minimum absolute atomic E-state index is 0.0367. The summed E-state index contributed by atoms with van der Waals surface area (Å²) >= 11 is 0. The lowest BCUT2D eigenvalue weighted by molar-refractivity contribution is -0.384. The van der Waals surface area contributed by atoms with Crippen molar-refractivity contribution in [2.75, 3.05) is 0 Å². The van der Waals surface area contributed by atoms with E-state index in [-0.39, 0.29) is 29.6 Å². The van der Waals surface area contributed by atoms with E-state index in [0.29, 0.717) is 23.3 Å². The molecule has 2 saturated carbocycles. The third kappa shape index (κ3) is 3.88. The van der Waals surface area contributed by atoms with Crippen LogP contribution in [0.25, 0.3) is 0 Å². The molecule has 0 spiro atoms. The van der Waals surface area contributed by atoms with E-state index in [1.54, 1.807) is 12.1 Å². The molecule has 3 aliphatic rings. The highest BCUT2D eigenvalue weighted by atomic mass is 16.6. The predicted molar refractivity (Wildman–Crippen MR) is 124 cm³/mol. The molecule has 0 radical (unpaired) electrons. The van der Waals surface area contributed by atoms with Crippen molar-refractivity contribution < 1.29 is 20.0 Å². The third-order valence-corrected chi connectivity index (χ3v) is 8.47. The van der Waals surface area contributed by atoms with Crippen LogP contribution in [0.5, 0.6) is 5.75 Å². The number of aryl methyl sites for hydroxylation is 1. The van der Waals surface area contributed by atoms with Crippen molar-refractivity contribution in [2.24, 2.45) is 22.4 Å². The summed E-state index contributed by atoms with van der Waals surface area (Å²) in [5.74, 6) is 1.81. The first kappa shape index (κ1) is 21.9. The predicted octanol–water partition coefficient (Wildman–Crippen LogP) is 5.07. The molecular formula is C26H30N2O5. The van der Waals surface area contributed by atoms with Gasteiger partial charge in [-0.2, -0.15) is 0 Å². The second-order valence-electron chi connectivity index (χ2n) is 10.1. The van der Waals surface area contributed by atoms with Gasteiger partial charge in [-0.1, -0.05) is 12.1 Å². The molecule has 0 saturated heterocycles. The fourth-order valence-electron chi connectivity index (χ4n) is 6.62. The van der Waals surface area contributed by atoms with Crippen LogP contribution in [0.1, 0.15) is 67.2 Å². The number of non-ortho nitro benzene ring substituents is 1. The topological polar surface area (TPSA) is 105 Å². The summed E-state index contributed by atoms with van der Waals surface area (Å²) < 4.78 is 0. The van der Waals surface area contributed by atoms with Crippen LogP contribution >= 0.6 is 0 Å². The lowest BCUT2D eigenvalue weighted by Crippen LogP contribution is -2.43. The Bertz CT molecular complexity index is 1080. The Morgan fingerprint density at radius 2 is 2.00 bits per heavy atom. The van der Waals surface area contributed by atoms with Crippen LogP contribution < -0.4 is 0 Å². The number of fused-ring (bicyclic) bond motifs is 5. The molecule has 2 fully saturated rings. The van der Waals surface area contributed by atoms with Gasteiger partial charge >= 0.3 is 0 Å². The van der Waals surface area contributed by atoms with Crippen LogP contribution in [0, 0.1) is 27.4 Å². The van der Waals surface area contributed by atoms with E-state index in [0.717, 1.165) is 44.1 Å². The van der Waals surface area contributed by atoms with Gasteiger partial charge in [0.15, 0.2) is 0 Å². The Labute approximate surface area is 193 Å². The molecule has 2 aromatic carbocycles. The van der Waals surface area contributed by atoms with Crippen LogP contribution in [0.4, 0.5) is 5.69 Å². The highest BCUT2D eigenvalue weighted by Gasteiger charge is 2.54. The van der Waals surface area contributed by atoms with E-state index in [1.165, 1.54) is 29.5 Å². The van der Waals surface area contributed by atoms with Crippen LogP contribution in [0.2, 0.25) is 0 Å². The number of oxime groups is 1. The van der Waals surface area contributed by atoms with Crippen molar-refractivity contribution >= 4 is 11.9 Å². The number of phenolic OH excluding ortho intramolecular Hbond substituents is 1. The molecule has 2 aromatic rings. The van der Waals surface area contributed by atoms with E-state index in [1.807, 2.05) is 6.07 Å². The first-order chi connectivity index (χ1) is 15.9. The minimum Gasteiger partial charge on any atom is -0.507 e. The summed E-state index contributed by atoms with van der Waals surface area (Å²) in [6.07, 6.45) is 7.57. The Morgan fingerprint density at radius 3 is 2.76 bits per heavy atom. The number of nitrogens with zero attached hydrogens (tertiary/aromatic N) is 2. The molecule has 0 amide bonds. The minimum atomic E-state index is -0.437. The summed E-state index contributed by atoms with van der Waals surface area (Å²) in [5.41, 5.74) is 4.03. The average molecular weight is 451 g/mol. The van der Waals surface area contributed by atoms with Gasteiger partial charge in [0, 0.05) is 17.7 Å². The average Bonchev–Trinajstić information content (AvgIpc) is 3.11. The fourth-order valence-corrected chi connectivity index (χ4v) is 6.62. The summed E-state index contributed by atoms with van der Waals surface area (Å²) in [7, 11) is 0. The van der Waals surface area contributed by atoms with Crippen molar-refractivity contribution in [3.63, 3.8) is 0 Å². The van der Waals surface area contributed by atoms with E-state index in [4.69, 9.17) is 4.84 Å². The second-order valence-corrected chi connectivity index (χ2v) is 10.1. The van der Waals surface area contributed by atoms with Gasteiger partial charge in [-0.15, -0.1) is 0 Å². The second kappa shape index (κ2) is 8.45. The standard InChI is InChI=1S/C26H30N2O5/c1-26-11-10-20-21(23(26)8-9-25(26)30)7-4-17-13-24(29)18(12-22(17)20)14-27-33-15-16-2-5-19(6-3-16)28(31)32/h2-3,5-6,12-14,20-21,23,25,29-30H,4,7-11,15H2,1H3/t20-,21+,23-,25+,26-/m0/s1. The van der Waals surface area contributed by atoms with Crippen molar-refractivity contribution in [3.05, 3.63) is 68.8 Å². The molecule has 0 heterocycles. The zero-order valence-corrected chi connectivity index (χ0v) is 18.8. The molecule has 2 N–H and O–H groups in total. The lowest BCUT2D eigenvalue weighted by Gasteiger charge is -2.50. The van der Waals surface area contributed by atoms with Gasteiger partial charge in [0.25, 0.3) is 5.69 Å². The van der Waals surface area contributed by atoms with Crippen LogP contribution in [-0.2, 0) is 17.9 Å². The number of nitro groups is 1. The SMILES string of the molecule is C[C@]12CC[C@@H]3c4cc(C=NOCc5ccc([N+](=O)[O-])cc5)c(O)cc4CC[C@H]3[C@@H]1CC[C@H]2O. The van der Waals surface area contributed by atoms with Gasteiger partial charge in [0.1, 0.15) is 12.4 Å². The zero-order valence-electron chi connectivity index (χ0n) is 18.8. The maximum atomic E-state index is 10.8. The molecule has 0 bridgehead atoms. The molecule has 3 aliphatic carbocycles. The van der Waals surface area contributed by atoms with Gasteiger partial charge < -0.3 is 15.1 Å². The summed E-state index contributed by atoms with van der Waals surface area (Å²) in [5, 5.41) is 35.9. The van der Waals surface area contributed by atoms with Crippen LogP contribution in [-0.4, -0.2) is 27.5 Å². The molecule has 174 valence electrons. The smallest absolute Gasteiger partial charge is 0.269 e. The summed E-state index contributed by atoms with van der Waals surface area (Å²) in [4.78, 5) is 15.7. The molecule has 33 heavy (non-hydrogen) atoms. The molecule has 7 heteroatoms. The highest BCUT2D eigenvalue weighted by molar-refractivity contribution is 5.83. The Kier molecular flexibility index (Phi) is 5.60. The quantitative estimate of drug-likeness (QED) is 0.376. The van der Waals surface area contributed by atoms with Crippen LogP contribution in [0.3, 0.4) is 0 Å². The number of nitro benzene ring substituents is 1. The number of hydrogen-bond donors (Lipinski definition) is 2. The monoisotopic (exact) mass is 450 g/mol. The Balaban J connectivity index is 1.30. The first-order valence-corrected chi connectivity index (χ1v) is 11.8. The van der Waals surface area contributed by atoms with E-state index in [2.05, 4.69) is 18.1 Å². The molecule has 5 rings (SSSR count). The van der Waals surface area contributed by atoms with E-state index in [9.17, 15) is 20.3 Å². The van der Waals surface area contributed by atoms with Crippen molar-refractivity contribution in [1.82, 2.24) is 0 Å². The van der Waals surface area contributed by atoms with E-state index < -0.39 is 4.92 Å². The number of aliphatic hydroxyl groups is 1. The van der Waals surface area contributed by atoms with Gasteiger partial charge in [-0.25, -0.2) is 0 Å². The number of aliphatic hydroxyl groups excluding tert-OH is 1. The van der Waals surface area contributed by atoms with Gasteiger partial charge in [0.05, 0.1) is 17.2 Å². The van der Waals surface area contributed by atoms with Crippen molar-refractivity contribution in [1.29, 1.82) is 0 Å². The summed E-state index contributed by atoms with van der Waals surface area (Å²) in [6, 6.07) is 10.1. The molecule has 0 aromatic heterocycles. The summed E-state index contributed by atoms with van der Waals surface area (Å²) in [6.45, 7) is 2.46. The molecule has 0 unspecified atom stereocenters. The number of phenols is 1. The number of rotatable bonds is 5. The van der Waals surface area contributed by atoms with Crippen LogP contribution in [0.15, 0.2) is 41.6 Å². The van der Waals surface area contributed by atoms with Gasteiger partial charge in [-0.3, -0.25) is 10.1 Å².